The SMILES string of the molecule is C=CCN(C(C)C)S(=O)(=O)c1cccc(CNC)c1. The van der Waals surface area contributed by atoms with Gasteiger partial charge in [0, 0.05) is 19.1 Å². The maximum atomic E-state index is 12.6. The van der Waals surface area contributed by atoms with Crippen molar-refractivity contribution in [1.82, 2.24) is 9.62 Å². The Morgan fingerprint density at radius 3 is 2.63 bits per heavy atom. The lowest BCUT2D eigenvalue weighted by molar-refractivity contribution is 0.383. The van der Waals surface area contributed by atoms with E-state index in [0.29, 0.717) is 18.0 Å². The topological polar surface area (TPSA) is 49.4 Å². The summed E-state index contributed by atoms with van der Waals surface area (Å²) in [6.07, 6.45) is 1.61. The molecule has 1 aromatic rings. The first-order valence-electron chi connectivity index (χ1n) is 6.29. The Bertz CT molecular complexity index is 524. The summed E-state index contributed by atoms with van der Waals surface area (Å²) in [7, 11) is -1.64. The van der Waals surface area contributed by atoms with Gasteiger partial charge < -0.3 is 5.32 Å². The predicted octanol–water partition coefficient (Wildman–Crippen LogP) is 1.99. The van der Waals surface area contributed by atoms with E-state index in [1.165, 1.54) is 4.31 Å². The van der Waals surface area contributed by atoms with E-state index in [1.807, 2.05) is 27.0 Å². The van der Waals surface area contributed by atoms with Gasteiger partial charge in [-0.05, 0) is 38.6 Å². The van der Waals surface area contributed by atoms with Crippen LogP contribution >= 0.6 is 0 Å². The molecule has 0 unspecified atom stereocenters. The molecule has 0 saturated heterocycles. The molecule has 1 aromatic carbocycles. The average Bonchev–Trinajstić information content (AvgIpc) is 2.36. The Hall–Kier alpha value is -1.17. The van der Waals surface area contributed by atoms with Gasteiger partial charge in [0.1, 0.15) is 0 Å². The Morgan fingerprint density at radius 2 is 2.11 bits per heavy atom. The zero-order valence-electron chi connectivity index (χ0n) is 11.8. The molecule has 0 aliphatic heterocycles. The quantitative estimate of drug-likeness (QED) is 0.778. The van der Waals surface area contributed by atoms with E-state index in [9.17, 15) is 8.42 Å². The van der Waals surface area contributed by atoms with Crippen molar-refractivity contribution in [1.29, 1.82) is 0 Å². The molecule has 1 rings (SSSR count). The lowest BCUT2D eigenvalue weighted by Gasteiger charge is -2.24. The standard InChI is InChI=1S/C14H22N2O2S/c1-5-9-16(12(2)3)19(17,18)14-8-6-7-13(10-14)11-15-4/h5-8,10,12,15H,1,9,11H2,2-4H3. The Balaban J connectivity index is 3.17. The fraction of sp³-hybridized carbons (Fsp3) is 0.429. The number of hydrogen-bond acceptors (Lipinski definition) is 3. The fourth-order valence-electron chi connectivity index (χ4n) is 1.87. The first-order chi connectivity index (χ1) is 8.93. The van der Waals surface area contributed by atoms with E-state index in [2.05, 4.69) is 11.9 Å². The van der Waals surface area contributed by atoms with Crippen LogP contribution in [0.15, 0.2) is 41.8 Å². The number of benzene rings is 1. The minimum atomic E-state index is -3.47. The molecular weight excluding hydrogens is 260 g/mol. The molecule has 4 nitrogen and oxygen atoms in total. The summed E-state index contributed by atoms with van der Waals surface area (Å²) in [6, 6.07) is 6.92. The van der Waals surface area contributed by atoms with Crippen molar-refractivity contribution in [3.8, 4) is 0 Å². The van der Waals surface area contributed by atoms with E-state index >= 15 is 0 Å². The molecule has 106 valence electrons. The monoisotopic (exact) mass is 282 g/mol. The van der Waals surface area contributed by atoms with Crippen molar-refractivity contribution in [3.05, 3.63) is 42.5 Å². The van der Waals surface area contributed by atoms with Crippen molar-refractivity contribution in [2.75, 3.05) is 13.6 Å². The molecule has 5 heteroatoms. The van der Waals surface area contributed by atoms with E-state index < -0.39 is 10.0 Å². The number of nitrogens with one attached hydrogen (secondary N) is 1. The first kappa shape index (κ1) is 15.9. The van der Waals surface area contributed by atoms with Crippen LogP contribution in [0, 0.1) is 0 Å². The highest BCUT2D eigenvalue weighted by Gasteiger charge is 2.25. The van der Waals surface area contributed by atoms with Gasteiger partial charge in [0.05, 0.1) is 4.90 Å². The minimum Gasteiger partial charge on any atom is -0.316 e. The van der Waals surface area contributed by atoms with Crippen molar-refractivity contribution in [3.63, 3.8) is 0 Å². The van der Waals surface area contributed by atoms with Crippen LogP contribution in [-0.4, -0.2) is 32.4 Å². The molecule has 0 bridgehead atoms. The van der Waals surface area contributed by atoms with Crippen LogP contribution in [-0.2, 0) is 16.6 Å². The molecule has 0 aromatic heterocycles. The van der Waals surface area contributed by atoms with Crippen molar-refractivity contribution in [2.45, 2.75) is 31.3 Å². The summed E-state index contributed by atoms with van der Waals surface area (Å²) in [5, 5.41) is 3.02. The summed E-state index contributed by atoms with van der Waals surface area (Å²) in [5.41, 5.74) is 0.950. The summed E-state index contributed by atoms with van der Waals surface area (Å²) >= 11 is 0. The molecule has 0 fully saturated rings. The first-order valence-corrected chi connectivity index (χ1v) is 7.73. The largest absolute Gasteiger partial charge is 0.316 e. The number of rotatable bonds is 7. The van der Waals surface area contributed by atoms with Gasteiger partial charge in [0.25, 0.3) is 0 Å². The van der Waals surface area contributed by atoms with Gasteiger partial charge in [0.2, 0.25) is 10.0 Å². The zero-order chi connectivity index (χ0) is 14.5. The summed E-state index contributed by atoms with van der Waals surface area (Å²) in [5.74, 6) is 0. The van der Waals surface area contributed by atoms with Crippen LogP contribution in [0.5, 0.6) is 0 Å². The highest BCUT2D eigenvalue weighted by molar-refractivity contribution is 7.89. The lowest BCUT2D eigenvalue weighted by atomic mass is 10.2. The fourth-order valence-corrected chi connectivity index (χ4v) is 3.55. The molecule has 0 saturated carbocycles. The van der Waals surface area contributed by atoms with Crippen LogP contribution in [0.2, 0.25) is 0 Å². The smallest absolute Gasteiger partial charge is 0.243 e. The van der Waals surface area contributed by atoms with Gasteiger partial charge in [0.15, 0.2) is 0 Å². The van der Waals surface area contributed by atoms with Gasteiger partial charge in [-0.2, -0.15) is 4.31 Å². The third kappa shape index (κ3) is 3.89. The normalized spacial score (nSPS) is 12.1. The second-order valence-electron chi connectivity index (χ2n) is 4.63. The molecule has 0 radical (unpaired) electrons. The third-order valence-electron chi connectivity index (χ3n) is 2.77. The minimum absolute atomic E-state index is 0.101. The summed E-state index contributed by atoms with van der Waals surface area (Å²) < 4.78 is 26.6. The maximum absolute atomic E-state index is 12.6. The summed E-state index contributed by atoms with van der Waals surface area (Å²) in [6.45, 7) is 8.30. The van der Waals surface area contributed by atoms with Gasteiger partial charge >= 0.3 is 0 Å². The highest BCUT2D eigenvalue weighted by Crippen LogP contribution is 2.19. The van der Waals surface area contributed by atoms with Crippen LogP contribution in [0.1, 0.15) is 19.4 Å². The Morgan fingerprint density at radius 1 is 1.42 bits per heavy atom. The average molecular weight is 282 g/mol. The molecule has 1 N–H and O–H groups in total. The van der Waals surface area contributed by atoms with Crippen LogP contribution in [0.3, 0.4) is 0 Å². The number of sulfonamides is 1. The molecule has 0 spiro atoms. The van der Waals surface area contributed by atoms with Crippen molar-refractivity contribution >= 4 is 10.0 Å². The van der Waals surface area contributed by atoms with E-state index in [4.69, 9.17) is 0 Å². The predicted molar refractivity (Wildman–Crippen MR) is 78.4 cm³/mol. The second-order valence-corrected chi connectivity index (χ2v) is 6.53. The van der Waals surface area contributed by atoms with Crippen LogP contribution < -0.4 is 5.32 Å². The van der Waals surface area contributed by atoms with Gasteiger partial charge in [-0.25, -0.2) is 8.42 Å². The molecule has 0 heterocycles. The van der Waals surface area contributed by atoms with Gasteiger partial charge in [-0.3, -0.25) is 0 Å². The number of hydrogen-bond donors (Lipinski definition) is 1. The maximum Gasteiger partial charge on any atom is 0.243 e. The van der Waals surface area contributed by atoms with Crippen LogP contribution in [0.4, 0.5) is 0 Å². The molecule has 0 amide bonds. The molecule has 19 heavy (non-hydrogen) atoms. The van der Waals surface area contributed by atoms with Gasteiger partial charge in [-0.15, -0.1) is 6.58 Å². The van der Waals surface area contributed by atoms with Crippen LogP contribution in [0.25, 0.3) is 0 Å². The molecule has 0 atom stereocenters. The summed E-state index contributed by atoms with van der Waals surface area (Å²) in [4.78, 5) is 0.329. The molecular formula is C14H22N2O2S. The van der Waals surface area contributed by atoms with Crippen molar-refractivity contribution < 1.29 is 8.42 Å². The molecule has 0 aliphatic rings. The van der Waals surface area contributed by atoms with Gasteiger partial charge in [-0.1, -0.05) is 18.2 Å². The zero-order valence-corrected chi connectivity index (χ0v) is 12.6. The van der Waals surface area contributed by atoms with E-state index in [1.54, 1.807) is 24.3 Å². The lowest BCUT2D eigenvalue weighted by Crippen LogP contribution is -2.37. The van der Waals surface area contributed by atoms with Crippen molar-refractivity contribution in [2.24, 2.45) is 0 Å². The number of nitrogens with zero attached hydrogens (tertiary/aromatic N) is 1. The Labute approximate surface area is 116 Å². The Kier molecular flexibility index (Phi) is 5.72. The highest BCUT2D eigenvalue weighted by atomic mass is 32.2. The van der Waals surface area contributed by atoms with E-state index in [0.717, 1.165) is 5.56 Å². The second kappa shape index (κ2) is 6.84. The molecule has 0 aliphatic carbocycles. The van der Waals surface area contributed by atoms with E-state index in [-0.39, 0.29) is 6.04 Å². The third-order valence-corrected chi connectivity index (χ3v) is 4.81.